The predicted octanol–water partition coefficient (Wildman–Crippen LogP) is 3.49. The average Bonchev–Trinajstić information content (AvgIpc) is 3.37. The number of nitrogens with one attached hydrogen (secondary N) is 3. The molecule has 3 N–H and O–H groups in total. The first kappa shape index (κ1) is 21.8. The van der Waals surface area contributed by atoms with Crippen LogP contribution in [0.2, 0.25) is 0 Å². The van der Waals surface area contributed by atoms with E-state index < -0.39 is 0 Å². The highest BCUT2D eigenvalue weighted by Gasteiger charge is 2.13. The number of anilines is 3. The number of amides is 1. The first-order valence-electron chi connectivity index (χ1n) is 10.3. The highest BCUT2D eigenvalue weighted by Crippen LogP contribution is 2.33. The summed E-state index contributed by atoms with van der Waals surface area (Å²) in [5, 5.41) is 9.07. The molecule has 2 heterocycles. The summed E-state index contributed by atoms with van der Waals surface area (Å²) in [5.74, 6) is 2.39. The SMILES string of the molecule is COc1cc(Nc2nc(NCCNC(C)=O)nc(-c3ccccc3)n2)ccc1-c1cnco1. The van der Waals surface area contributed by atoms with Crippen molar-refractivity contribution in [1.29, 1.82) is 0 Å². The van der Waals surface area contributed by atoms with Gasteiger partial charge in [0.1, 0.15) is 5.75 Å². The molecule has 10 nitrogen and oxygen atoms in total. The van der Waals surface area contributed by atoms with Gasteiger partial charge in [0.2, 0.25) is 17.8 Å². The average molecular weight is 445 g/mol. The molecule has 1 amide bonds. The standard InChI is InChI=1S/C23H23N7O3/c1-15(31)25-10-11-26-22-28-21(16-6-4-3-5-7-16)29-23(30-22)27-17-8-9-18(19(12-17)32-2)20-13-24-14-33-20/h3-9,12-14H,10-11H2,1-2H3,(H,25,31)(H2,26,27,28,29,30). The Labute approximate surface area is 190 Å². The van der Waals surface area contributed by atoms with Crippen molar-refractivity contribution in [3.63, 3.8) is 0 Å². The molecule has 168 valence electrons. The van der Waals surface area contributed by atoms with Gasteiger partial charge >= 0.3 is 0 Å². The van der Waals surface area contributed by atoms with Crippen LogP contribution in [-0.4, -0.2) is 46.0 Å². The van der Waals surface area contributed by atoms with Crippen LogP contribution in [0.15, 0.2) is 65.5 Å². The fraction of sp³-hybridized carbons (Fsp3) is 0.174. The number of ether oxygens (including phenoxy) is 1. The van der Waals surface area contributed by atoms with Crippen LogP contribution >= 0.6 is 0 Å². The summed E-state index contributed by atoms with van der Waals surface area (Å²) in [7, 11) is 1.59. The molecule has 4 aromatic rings. The molecule has 0 radical (unpaired) electrons. The highest BCUT2D eigenvalue weighted by atomic mass is 16.5. The van der Waals surface area contributed by atoms with Gasteiger partial charge < -0.3 is 25.1 Å². The number of carbonyl (C=O) groups is 1. The number of rotatable bonds is 9. The molecule has 0 fully saturated rings. The Morgan fingerprint density at radius 3 is 2.58 bits per heavy atom. The Balaban J connectivity index is 1.60. The molecule has 0 unspecified atom stereocenters. The molecular weight excluding hydrogens is 422 g/mol. The number of oxazole rings is 1. The Bertz CT molecular complexity index is 1210. The molecule has 2 aromatic carbocycles. The second kappa shape index (κ2) is 10.2. The van der Waals surface area contributed by atoms with Crippen molar-refractivity contribution in [3.8, 4) is 28.5 Å². The minimum absolute atomic E-state index is 0.0949. The second-order valence-electron chi connectivity index (χ2n) is 6.99. The fourth-order valence-electron chi connectivity index (χ4n) is 3.09. The number of benzene rings is 2. The van der Waals surface area contributed by atoms with Crippen LogP contribution in [0.1, 0.15) is 6.92 Å². The molecule has 10 heteroatoms. The Morgan fingerprint density at radius 1 is 1.03 bits per heavy atom. The summed E-state index contributed by atoms with van der Waals surface area (Å²) in [6.07, 6.45) is 3.00. The molecule has 2 aromatic heterocycles. The lowest BCUT2D eigenvalue weighted by Crippen LogP contribution is -2.26. The summed E-state index contributed by atoms with van der Waals surface area (Å²) >= 11 is 0. The van der Waals surface area contributed by atoms with Crippen LogP contribution in [0, 0.1) is 0 Å². The first-order valence-corrected chi connectivity index (χ1v) is 10.3. The van der Waals surface area contributed by atoms with Crippen molar-refractivity contribution in [3.05, 3.63) is 61.1 Å². The molecule has 0 saturated carbocycles. The fourth-order valence-corrected chi connectivity index (χ4v) is 3.09. The number of nitrogens with zero attached hydrogens (tertiary/aromatic N) is 4. The van der Waals surface area contributed by atoms with Crippen LogP contribution in [0.4, 0.5) is 17.6 Å². The quantitative estimate of drug-likeness (QED) is 0.332. The van der Waals surface area contributed by atoms with Crippen LogP contribution in [0.3, 0.4) is 0 Å². The topological polar surface area (TPSA) is 127 Å². The van der Waals surface area contributed by atoms with Crippen molar-refractivity contribution in [1.82, 2.24) is 25.3 Å². The molecule has 0 bridgehead atoms. The molecule has 0 aliphatic heterocycles. The molecule has 33 heavy (non-hydrogen) atoms. The van der Waals surface area contributed by atoms with Crippen LogP contribution < -0.4 is 20.7 Å². The summed E-state index contributed by atoms with van der Waals surface area (Å²) < 4.78 is 10.9. The third-order valence-corrected chi connectivity index (χ3v) is 4.60. The van der Waals surface area contributed by atoms with Crippen LogP contribution in [-0.2, 0) is 4.79 Å². The lowest BCUT2D eigenvalue weighted by Gasteiger charge is -2.12. The normalized spacial score (nSPS) is 10.5. The van der Waals surface area contributed by atoms with Gasteiger partial charge in [0.25, 0.3) is 0 Å². The summed E-state index contributed by atoms with van der Waals surface area (Å²) in [6.45, 7) is 2.39. The van der Waals surface area contributed by atoms with Crippen molar-refractivity contribution >= 4 is 23.5 Å². The van der Waals surface area contributed by atoms with Crippen molar-refractivity contribution in [2.75, 3.05) is 30.8 Å². The summed E-state index contributed by atoms with van der Waals surface area (Å²) in [6, 6.07) is 15.2. The van der Waals surface area contributed by atoms with Crippen LogP contribution in [0.5, 0.6) is 5.75 Å². The van der Waals surface area contributed by atoms with Gasteiger partial charge in [-0.1, -0.05) is 30.3 Å². The third-order valence-electron chi connectivity index (χ3n) is 4.60. The first-order chi connectivity index (χ1) is 16.1. The van der Waals surface area contributed by atoms with E-state index >= 15 is 0 Å². The van der Waals surface area contributed by atoms with Gasteiger partial charge in [0.05, 0.1) is 18.9 Å². The van der Waals surface area contributed by atoms with E-state index in [1.807, 2.05) is 48.5 Å². The van der Waals surface area contributed by atoms with Gasteiger partial charge in [0.15, 0.2) is 18.0 Å². The van der Waals surface area contributed by atoms with Crippen molar-refractivity contribution < 1.29 is 13.9 Å². The smallest absolute Gasteiger partial charge is 0.232 e. The molecule has 0 aliphatic rings. The minimum Gasteiger partial charge on any atom is -0.496 e. The van der Waals surface area contributed by atoms with Gasteiger partial charge in [-0.05, 0) is 12.1 Å². The van der Waals surface area contributed by atoms with Gasteiger partial charge in [0, 0.05) is 37.3 Å². The summed E-state index contributed by atoms with van der Waals surface area (Å²) in [5.41, 5.74) is 2.36. The van der Waals surface area contributed by atoms with E-state index in [4.69, 9.17) is 9.15 Å². The molecule has 0 atom stereocenters. The molecule has 0 spiro atoms. The number of aromatic nitrogens is 4. The van der Waals surface area contributed by atoms with E-state index in [9.17, 15) is 4.79 Å². The maximum absolute atomic E-state index is 11.1. The molecule has 4 rings (SSSR count). The summed E-state index contributed by atoms with van der Waals surface area (Å²) in [4.78, 5) is 28.6. The van der Waals surface area contributed by atoms with Crippen LogP contribution in [0.25, 0.3) is 22.7 Å². The molecule has 0 aliphatic carbocycles. The number of methoxy groups -OCH3 is 1. The number of carbonyl (C=O) groups excluding carboxylic acids is 1. The molecule has 0 saturated heterocycles. The maximum Gasteiger partial charge on any atom is 0.232 e. The van der Waals surface area contributed by atoms with Gasteiger partial charge in [-0.3, -0.25) is 4.79 Å². The number of hydrogen-bond acceptors (Lipinski definition) is 9. The van der Waals surface area contributed by atoms with E-state index in [-0.39, 0.29) is 5.91 Å². The third kappa shape index (κ3) is 5.62. The van der Waals surface area contributed by atoms with E-state index in [1.165, 1.54) is 13.3 Å². The largest absolute Gasteiger partial charge is 0.496 e. The van der Waals surface area contributed by atoms with E-state index in [2.05, 4.69) is 35.9 Å². The highest BCUT2D eigenvalue weighted by molar-refractivity contribution is 5.73. The van der Waals surface area contributed by atoms with E-state index in [0.717, 1.165) is 16.8 Å². The number of hydrogen-bond donors (Lipinski definition) is 3. The monoisotopic (exact) mass is 445 g/mol. The van der Waals surface area contributed by atoms with Crippen molar-refractivity contribution in [2.24, 2.45) is 0 Å². The Hall–Kier alpha value is -4.47. The van der Waals surface area contributed by atoms with Gasteiger partial charge in [-0.2, -0.15) is 15.0 Å². The van der Waals surface area contributed by atoms with Gasteiger partial charge in [-0.25, -0.2) is 4.98 Å². The minimum atomic E-state index is -0.0949. The zero-order chi connectivity index (χ0) is 23.0. The zero-order valence-electron chi connectivity index (χ0n) is 18.2. The zero-order valence-corrected chi connectivity index (χ0v) is 18.2. The Kier molecular flexibility index (Phi) is 6.74. The van der Waals surface area contributed by atoms with Crippen molar-refractivity contribution in [2.45, 2.75) is 6.92 Å². The van der Waals surface area contributed by atoms with E-state index in [0.29, 0.717) is 42.3 Å². The molecular formula is C23H23N7O3. The Morgan fingerprint density at radius 2 is 1.85 bits per heavy atom. The van der Waals surface area contributed by atoms with E-state index in [1.54, 1.807) is 13.3 Å². The lowest BCUT2D eigenvalue weighted by atomic mass is 10.1. The maximum atomic E-state index is 11.1. The lowest BCUT2D eigenvalue weighted by molar-refractivity contribution is -0.118. The predicted molar refractivity (Wildman–Crippen MR) is 124 cm³/mol. The van der Waals surface area contributed by atoms with Gasteiger partial charge in [-0.15, -0.1) is 0 Å². The second-order valence-corrected chi connectivity index (χ2v) is 6.99.